The van der Waals surface area contributed by atoms with E-state index < -0.39 is 0 Å². The molecule has 36 heavy (non-hydrogen) atoms. The monoisotopic (exact) mass is 494 g/mol. The molecule has 3 aromatic rings. The van der Waals surface area contributed by atoms with Crippen molar-refractivity contribution in [2.24, 2.45) is 0 Å². The first kappa shape index (κ1) is 25.0. The predicted octanol–water partition coefficient (Wildman–Crippen LogP) is 1.43. The van der Waals surface area contributed by atoms with E-state index in [1.165, 1.54) is 12.0 Å². The number of hydrogen-bond acceptors (Lipinski definition) is 7. The molecule has 0 unspecified atom stereocenters. The second-order valence-corrected chi connectivity index (χ2v) is 8.63. The van der Waals surface area contributed by atoms with Crippen molar-refractivity contribution >= 4 is 23.4 Å². The van der Waals surface area contributed by atoms with Crippen LogP contribution in [0.2, 0.25) is 0 Å². The molecule has 1 aromatic carbocycles. The van der Waals surface area contributed by atoms with Gasteiger partial charge in [-0.15, -0.1) is 0 Å². The number of nitrogens with zero attached hydrogens (tertiary/aromatic N) is 4. The second-order valence-electron chi connectivity index (χ2n) is 8.63. The molecule has 0 saturated carbocycles. The highest BCUT2D eigenvalue weighted by Crippen LogP contribution is 2.25. The van der Waals surface area contributed by atoms with E-state index >= 15 is 0 Å². The van der Waals surface area contributed by atoms with E-state index in [0.717, 1.165) is 11.4 Å². The Hall–Kier alpha value is -4.15. The molecule has 2 aromatic heterocycles. The minimum atomic E-state index is -0.331. The van der Waals surface area contributed by atoms with Gasteiger partial charge in [-0.1, -0.05) is 0 Å². The van der Waals surface area contributed by atoms with Crippen molar-refractivity contribution in [2.45, 2.75) is 27.2 Å². The maximum Gasteiger partial charge on any atom is 0.260 e. The topological polar surface area (TPSA) is 127 Å². The summed E-state index contributed by atoms with van der Waals surface area (Å²) in [6, 6.07) is 6.85. The average Bonchev–Trinajstić information content (AvgIpc) is 3.18. The Morgan fingerprint density at radius 2 is 1.92 bits per heavy atom. The molecule has 0 spiro atoms. The number of carbonyl (C=O) groups is 3. The Morgan fingerprint density at radius 1 is 1.11 bits per heavy atom. The molecule has 3 heterocycles. The zero-order chi connectivity index (χ0) is 25.8. The van der Waals surface area contributed by atoms with E-state index in [-0.39, 0.29) is 44.0 Å². The van der Waals surface area contributed by atoms with Crippen molar-refractivity contribution in [3.8, 4) is 11.5 Å². The van der Waals surface area contributed by atoms with Crippen molar-refractivity contribution in [1.82, 2.24) is 30.1 Å². The maximum atomic E-state index is 13.6. The van der Waals surface area contributed by atoms with Crippen molar-refractivity contribution in [1.29, 1.82) is 0 Å². The van der Waals surface area contributed by atoms with Crippen LogP contribution in [0.15, 0.2) is 24.3 Å². The summed E-state index contributed by atoms with van der Waals surface area (Å²) in [7, 11) is 1.53. The van der Waals surface area contributed by atoms with Gasteiger partial charge < -0.3 is 25.0 Å². The lowest BCUT2D eigenvalue weighted by Gasteiger charge is -2.23. The number of ether oxygens (including phenoxy) is 2. The number of aryl methyl sites for hydroxylation is 3. The predicted molar refractivity (Wildman–Crippen MR) is 132 cm³/mol. The van der Waals surface area contributed by atoms with Crippen molar-refractivity contribution < 1.29 is 23.9 Å². The van der Waals surface area contributed by atoms with Crippen LogP contribution in [0, 0.1) is 20.8 Å². The summed E-state index contributed by atoms with van der Waals surface area (Å²) < 4.78 is 12.6. The van der Waals surface area contributed by atoms with Crippen molar-refractivity contribution in [2.75, 3.05) is 39.9 Å². The van der Waals surface area contributed by atoms with Gasteiger partial charge in [0.15, 0.2) is 5.65 Å². The van der Waals surface area contributed by atoms with E-state index in [1.54, 1.807) is 29.6 Å². The highest BCUT2D eigenvalue weighted by molar-refractivity contribution is 6.02. The molecule has 1 aliphatic rings. The Labute approximate surface area is 208 Å². The third-order valence-electron chi connectivity index (χ3n) is 5.91. The third-order valence-corrected chi connectivity index (χ3v) is 5.91. The van der Waals surface area contributed by atoms with Crippen LogP contribution < -0.4 is 20.1 Å². The van der Waals surface area contributed by atoms with Gasteiger partial charge in [0, 0.05) is 30.5 Å². The number of benzene rings is 1. The van der Waals surface area contributed by atoms with Crippen LogP contribution in [-0.4, -0.2) is 77.1 Å². The fraction of sp³-hybridized carbons (Fsp3) is 0.400. The summed E-state index contributed by atoms with van der Waals surface area (Å²) in [5, 5.41) is 10.1. The maximum absolute atomic E-state index is 13.6. The van der Waals surface area contributed by atoms with Gasteiger partial charge in [0.05, 0.1) is 31.5 Å². The van der Waals surface area contributed by atoms with Gasteiger partial charge in [-0.05, 0) is 45.4 Å². The number of fused-ring (bicyclic) bond motifs is 2. The summed E-state index contributed by atoms with van der Waals surface area (Å²) in [4.78, 5) is 45.1. The van der Waals surface area contributed by atoms with Gasteiger partial charge >= 0.3 is 0 Å². The molecule has 11 heteroatoms. The highest BCUT2D eigenvalue weighted by Gasteiger charge is 2.26. The molecular formula is C25H30N6O5. The molecular weight excluding hydrogens is 464 g/mol. The lowest BCUT2D eigenvalue weighted by molar-refractivity contribution is -0.121. The lowest BCUT2D eigenvalue weighted by Crippen LogP contribution is -2.43. The summed E-state index contributed by atoms with van der Waals surface area (Å²) in [5.41, 5.74) is 3.36. The van der Waals surface area contributed by atoms with Crippen LogP contribution in [-0.2, 0) is 4.79 Å². The minimum absolute atomic E-state index is 0.140. The molecule has 0 fully saturated rings. The largest absolute Gasteiger partial charge is 0.497 e. The Bertz CT molecular complexity index is 1320. The fourth-order valence-corrected chi connectivity index (χ4v) is 4.17. The summed E-state index contributed by atoms with van der Waals surface area (Å²) in [6.45, 7) is 6.29. The Morgan fingerprint density at radius 3 is 2.69 bits per heavy atom. The van der Waals surface area contributed by atoms with E-state index in [2.05, 4.69) is 20.7 Å². The molecule has 3 amide bonds. The minimum Gasteiger partial charge on any atom is -0.497 e. The average molecular weight is 495 g/mol. The van der Waals surface area contributed by atoms with Gasteiger partial charge in [-0.3, -0.25) is 14.4 Å². The quantitative estimate of drug-likeness (QED) is 0.552. The highest BCUT2D eigenvalue weighted by atomic mass is 16.5. The van der Waals surface area contributed by atoms with Gasteiger partial charge in [-0.25, -0.2) is 9.50 Å². The molecule has 4 rings (SSSR count). The molecule has 11 nitrogen and oxygen atoms in total. The van der Waals surface area contributed by atoms with Gasteiger partial charge in [-0.2, -0.15) is 5.10 Å². The number of nitrogens with one attached hydrogen (secondary N) is 2. The molecule has 0 radical (unpaired) electrons. The van der Waals surface area contributed by atoms with Crippen LogP contribution >= 0.6 is 0 Å². The molecule has 0 saturated heterocycles. The van der Waals surface area contributed by atoms with Crippen LogP contribution in [0.5, 0.6) is 11.5 Å². The molecule has 190 valence electrons. The number of methoxy groups -OCH3 is 1. The zero-order valence-electron chi connectivity index (χ0n) is 20.9. The summed E-state index contributed by atoms with van der Waals surface area (Å²) in [5.74, 6) is -0.00352. The van der Waals surface area contributed by atoms with Crippen molar-refractivity contribution in [3.05, 3.63) is 52.5 Å². The molecule has 0 bridgehead atoms. The number of hydrogen-bond donors (Lipinski definition) is 2. The first-order valence-electron chi connectivity index (χ1n) is 11.8. The smallest absolute Gasteiger partial charge is 0.260 e. The molecule has 0 aliphatic carbocycles. The number of carbonyl (C=O) groups excluding carboxylic acids is 3. The fourth-order valence-electron chi connectivity index (χ4n) is 4.17. The van der Waals surface area contributed by atoms with Crippen molar-refractivity contribution in [3.63, 3.8) is 0 Å². The molecule has 1 aliphatic heterocycles. The van der Waals surface area contributed by atoms with E-state index in [9.17, 15) is 14.4 Å². The van der Waals surface area contributed by atoms with Gasteiger partial charge in [0.2, 0.25) is 5.91 Å². The lowest BCUT2D eigenvalue weighted by atomic mass is 10.1. The second kappa shape index (κ2) is 10.6. The summed E-state index contributed by atoms with van der Waals surface area (Å²) in [6.07, 6.45) is 0.445. The summed E-state index contributed by atoms with van der Waals surface area (Å²) >= 11 is 0. The van der Waals surface area contributed by atoms with Crippen LogP contribution in [0.3, 0.4) is 0 Å². The van der Waals surface area contributed by atoms with E-state index in [0.29, 0.717) is 46.9 Å². The van der Waals surface area contributed by atoms with Crippen LogP contribution in [0.25, 0.3) is 5.65 Å². The van der Waals surface area contributed by atoms with E-state index in [1.807, 2.05) is 19.9 Å². The third kappa shape index (κ3) is 5.24. The van der Waals surface area contributed by atoms with Gasteiger partial charge in [0.1, 0.15) is 23.7 Å². The SMILES string of the molecule is COc1ccc2c(c1)OCCNC(=O)CN(C(=O)c1c(C)nn3c(C)cc(C)nc13)CCCNC2=O. The normalized spacial score (nSPS) is 15.4. The van der Waals surface area contributed by atoms with Crippen LogP contribution in [0.1, 0.15) is 44.2 Å². The number of aromatic nitrogens is 3. The van der Waals surface area contributed by atoms with Gasteiger partial charge in [0.25, 0.3) is 11.8 Å². The zero-order valence-corrected chi connectivity index (χ0v) is 20.9. The number of amides is 3. The molecule has 2 N–H and O–H groups in total. The first-order chi connectivity index (χ1) is 17.3. The Kier molecular flexibility index (Phi) is 7.37. The first-order valence-corrected chi connectivity index (χ1v) is 11.8. The van der Waals surface area contributed by atoms with Crippen LogP contribution in [0.4, 0.5) is 0 Å². The molecule has 0 atom stereocenters. The standard InChI is InChI=1S/C25H30N6O5/c1-15-12-16(2)31-23(28-15)22(17(3)29-31)25(34)30-10-5-8-27-24(33)19-7-6-18(35-4)13-20(19)36-11-9-26-21(32)14-30/h6-7,12-13H,5,8-11,14H2,1-4H3,(H,26,32)(H,27,33). The Balaban J connectivity index is 1.57. The van der Waals surface area contributed by atoms with E-state index in [4.69, 9.17) is 9.47 Å². The number of rotatable bonds is 2.